The highest BCUT2D eigenvalue weighted by atomic mass is 16.5. The van der Waals surface area contributed by atoms with Crippen molar-refractivity contribution in [1.82, 2.24) is 9.78 Å². The third-order valence-corrected chi connectivity index (χ3v) is 2.94. The molecule has 0 aliphatic rings. The number of amides is 2. The van der Waals surface area contributed by atoms with Gasteiger partial charge in [-0.25, -0.2) is 0 Å². The molecule has 7 nitrogen and oxygen atoms in total. The number of aromatic nitrogens is 2. The molecule has 0 saturated carbocycles. The number of rotatable bonds is 6. The van der Waals surface area contributed by atoms with E-state index in [9.17, 15) is 9.59 Å². The van der Waals surface area contributed by atoms with Gasteiger partial charge in [-0.2, -0.15) is 5.10 Å². The van der Waals surface area contributed by atoms with Crippen molar-refractivity contribution in [2.75, 3.05) is 24.4 Å². The van der Waals surface area contributed by atoms with Crippen molar-refractivity contribution in [2.45, 2.75) is 13.5 Å². The van der Waals surface area contributed by atoms with Gasteiger partial charge in [0.25, 0.3) is 0 Å². The number of anilines is 2. The second-order valence-corrected chi connectivity index (χ2v) is 4.76. The van der Waals surface area contributed by atoms with Gasteiger partial charge in [0.2, 0.25) is 11.8 Å². The number of hydrogen-bond acceptors (Lipinski definition) is 4. The fourth-order valence-corrected chi connectivity index (χ4v) is 1.89. The number of aryl methyl sites for hydroxylation is 1. The normalized spacial score (nSPS) is 10.3. The smallest absolute Gasteiger partial charge is 0.250 e. The van der Waals surface area contributed by atoms with Crippen molar-refractivity contribution in [3.8, 4) is 0 Å². The molecular formula is C15H18N4O3. The zero-order chi connectivity index (χ0) is 15.9. The summed E-state index contributed by atoms with van der Waals surface area (Å²) in [6.45, 7) is 1.99. The summed E-state index contributed by atoms with van der Waals surface area (Å²) in [5, 5.41) is 9.49. The molecule has 0 atom stereocenters. The summed E-state index contributed by atoms with van der Waals surface area (Å²) < 4.78 is 6.30. The average Bonchev–Trinajstić information content (AvgIpc) is 2.95. The molecular weight excluding hydrogens is 284 g/mol. The van der Waals surface area contributed by atoms with Crippen LogP contribution in [0, 0.1) is 6.92 Å². The van der Waals surface area contributed by atoms with Crippen molar-refractivity contribution in [3.05, 3.63) is 42.2 Å². The first-order valence-electron chi connectivity index (χ1n) is 6.75. The fraction of sp³-hybridized carbons (Fsp3) is 0.267. The lowest BCUT2D eigenvalue weighted by atomic mass is 10.1. The molecule has 1 heterocycles. The molecule has 2 N–H and O–H groups in total. The largest absolute Gasteiger partial charge is 0.375 e. The predicted molar refractivity (Wildman–Crippen MR) is 82.5 cm³/mol. The standard InChI is InChI=1S/C15H18N4O3/c1-11-4-5-12(17-15(21)10-22-2)8-13(11)18-14(20)9-19-7-3-6-16-19/h3-8H,9-10H2,1-2H3,(H,17,21)(H,18,20). The van der Waals surface area contributed by atoms with E-state index in [2.05, 4.69) is 15.7 Å². The van der Waals surface area contributed by atoms with Crippen LogP contribution in [0.3, 0.4) is 0 Å². The lowest BCUT2D eigenvalue weighted by molar-refractivity contribution is -0.119. The van der Waals surface area contributed by atoms with Gasteiger partial charge in [0.1, 0.15) is 13.2 Å². The van der Waals surface area contributed by atoms with E-state index in [4.69, 9.17) is 4.74 Å². The predicted octanol–water partition coefficient (Wildman–Crippen LogP) is 1.42. The van der Waals surface area contributed by atoms with Gasteiger partial charge in [-0.05, 0) is 30.7 Å². The maximum absolute atomic E-state index is 12.0. The molecule has 0 aliphatic carbocycles. The maximum atomic E-state index is 12.0. The third kappa shape index (κ3) is 4.42. The van der Waals surface area contributed by atoms with E-state index in [1.165, 1.54) is 11.8 Å². The quantitative estimate of drug-likeness (QED) is 0.845. The van der Waals surface area contributed by atoms with E-state index in [0.717, 1.165) is 5.56 Å². The molecule has 0 radical (unpaired) electrons. The molecule has 2 rings (SSSR count). The second-order valence-electron chi connectivity index (χ2n) is 4.76. The van der Waals surface area contributed by atoms with E-state index in [0.29, 0.717) is 11.4 Å². The summed E-state index contributed by atoms with van der Waals surface area (Å²) >= 11 is 0. The molecule has 0 spiro atoms. The summed E-state index contributed by atoms with van der Waals surface area (Å²) in [6, 6.07) is 7.06. The van der Waals surface area contributed by atoms with Gasteiger partial charge >= 0.3 is 0 Å². The summed E-state index contributed by atoms with van der Waals surface area (Å²) in [7, 11) is 1.45. The molecule has 2 amide bonds. The number of nitrogens with zero attached hydrogens (tertiary/aromatic N) is 2. The Morgan fingerprint density at radius 2 is 2.09 bits per heavy atom. The Labute approximate surface area is 128 Å². The Balaban J connectivity index is 2.03. The van der Waals surface area contributed by atoms with Crippen LogP contribution in [0.25, 0.3) is 0 Å². The van der Waals surface area contributed by atoms with Crippen LogP contribution in [0.1, 0.15) is 5.56 Å². The Bertz CT molecular complexity index is 653. The van der Waals surface area contributed by atoms with Crippen LogP contribution in [0.4, 0.5) is 11.4 Å². The zero-order valence-electron chi connectivity index (χ0n) is 12.5. The van der Waals surface area contributed by atoms with Crippen LogP contribution in [0.15, 0.2) is 36.7 Å². The van der Waals surface area contributed by atoms with Gasteiger partial charge in [-0.1, -0.05) is 6.07 Å². The van der Waals surface area contributed by atoms with Gasteiger partial charge in [0.05, 0.1) is 0 Å². The van der Waals surface area contributed by atoms with Crippen molar-refractivity contribution < 1.29 is 14.3 Å². The van der Waals surface area contributed by atoms with E-state index in [1.807, 2.05) is 13.0 Å². The number of nitrogens with one attached hydrogen (secondary N) is 2. The number of hydrogen-bond donors (Lipinski definition) is 2. The zero-order valence-corrected chi connectivity index (χ0v) is 12.5. The molecule has 2 aromatic rings. The Morgan fingerprint density at radius 3 is 2.77 bits per heavy atom. The Morgan fingerprint density at radius 1 is 1.27 bits per heavy atom. The molecule has 0 unspecified atom stereocenters. The van der Waals surface area contributed by atoms with E-state index >= 15 is 0 Å². The highest BCUT2D eigenvalue weighted by Crippen LogP contribution is 2.20. The van der Waals surface area contributed by atoms with Crippen molar-refractivity contribution in [2.24, 2.45) is 0 Å². The first-order valence-corrected chi connectivity index (χ1v) is 6.75. The molecule has 0 bridgehead atoms. The van der Waals surface area contributed by atoms with Crippen molar-refractivity contribution in [1.29, 1.82) is 0 Å². The van der Waals surface area contributed by atoms with Gasteiger partial charge in [0, 0.05) is 30.9 Å². The molecule has 1 aromatic carbocycles. The SMILES string of the molecule is COCC(=O)Nc1ccc(C)c(NC(=O)Cn2cccn2)c1. The molecule has 0 saturated heterocycles. The number of methoxy groups -OCH3 is 1. The van der Waals surface area contributed by atoms with Crippen LogP contribution in [-0.2, 0) is 20.9 Å². The molecule has 0 fully saturated rings. The van der Waals surface area contributed by atoms with Gasteiger partial charge in [-0.15, -0.1) is 0 Å². The Hall–Kier alpha value is -2.67. The summed E-state index contributed by atoms with van der Waals surface area (Å²) in [5.74, 6) is -0.438. The molecule has 1 aromatic heterocycles. The first-order chi connectivity index (χ1) is 10.6. The van der Waals surface area contributed by atoms with Crippen LogP contribution >= 0.6 is 0 Å². The van der Waals surface area contributed by atoms with E-state index in [1.54, 1.807) is 30.6 Å². The second kappa shape index (κ2) is 7.37. The van der Waals surface area contributed by atoms with E-state index in [-0.39, 0.29) is 25.0 Å². The van der Waals surface area contributed by atoms with Gasteiger partial charge in [-0.3, -0.25) is 14.3 Å². The highest BCUT2D eigenvalue weighted by Gasteiger charge is 2.08. The van der Waals surface area contributed by atoms with Gasteiger partial charge in [0.15, 0.2) is 0 Å². The Kier molecular flexibility index (Phi) is 5.26. The summed E-state index contributed by atoms with van der Waals surface area (Å²) in [6.07, 6.45) is 3.33. The van der Waals surface area contributed by atoms with E-state index < -0.39 is 0 Å². The average molecular weight is 302 g/mol. The minimum absolute atomic E-state index is 0.0190. The molecule has 116 valence electrons. The number of ether oxygens (including phenoxy) is 1. The van der Waals surface area contributed by atoms with Gasteiger partial charge < -0.3 is 15.4 Å². The third-order valence-electron chi connectivity index (χ3n) is 2.94. The molecule has 0 aliphatic heterocycles. The fourth-order valence-electron chi connectivity index (χ4n) is 1.89. The van der Waals surface area contributed by atoms with Crippen LogP contribution < -0.4 is 10.6 Å². The molecule has 7 heteroatoms. The first kappa shape index (κ1) is 15.7. The number of carbonyl (C=O) groups excluding carboxylic acids is 2. The number of benzene rings is 1. The molecule has 22 heavy (non-hydrogen) atoms. The lowest BCUT2D eigenvalue weighted by Gasteiger charge is -2.11. The topological polar surface area (TPSA) is 85.3 Å². The maximum Gasteiger partial charge on any atom is 0.250 e. The summed E-state index contributed by atoms with van der Waals surface area (Å²) in [4.78, 5) is 23.5. The van der Waals surface area contributed by atoms with Crippen LogP contribution in [0.5, 0.6) is 0 Å². The highest BCUT2D eigenvalue weighted by molar-refractivity contribution is 5.95. The van der Waals surface area contributed by atoms with Crippen LogP contribution in [0.2, 0.25) is 0 Å². The monoisotopic (exact) mass is 302 g/mol. The van der Waals surface area contributed by atoms with Crippen molar-refractivity contribution >= 4 is 23.2 Å². The lowest BCUT2D eigenvalue weighted by Crippen LogP contribution is -2.20. The number of carbonyl (C=O) groups is 2. The van der Waals surface area contributed by atoms with Crippen LogP contribution in [-0.4, -0.2) is 35.3 Å². The van der Waals surface area contributed by atoms with Crippen molar-refractivity contribution in [3.63, 3.8) is 0 Å². The minimum Gasteiger partial charge on any atom is -0.375 e. The summed E-state index contributed by atoms with van der Waals surface area (Å²) in [5.41, 5.74) is 2.15. The minimum atomic E-state index is -0.250.